The van der Waals surface area contributed by atoms with E-state index in [9.17, 15) is 22.8 Å². The molecule has 0 aromatic heterocycles. The minimum Gasteiger partial charge on any atom is -0.480 e. The number of hydrogen-bond donors (Lipinski definition) is 2. The standard InChI is InChI=1S/C26H32ClN3O7S/c1-15(2)23-25(33)30(14-16-6-9-18(10-7-16)38(28,34)35)22(19-12-17(27)8-11-20(19)36-23)24(32)29-13-21(31)37-26(3,4)5/h6-12,15,22-23H,13-14H2,1-5H3,(H,29,32)(H2,28,34,35). The highest BCUT2D eigenvalue weighted by atomic mass is 35.5. The molecule has 0 aliphatic carbocycles. The molecule has 38 heavy (non-hydrogen) atoms. The third-order valence-corrected chi connectivity index (χ3v) is 6.81. The normalized spacial score (nSPS) is 17.9. The van der Waals surface area contributed by atoms with Crippen LogP contribution in [0, 0.1) is 5.92 Å². The minimum atomic E-state index is -3.91. The number of rotatable bonds is 7. The molecule has 0 spiro atoms. The quantitative estimate of drug-likeness (QED) is 0.491. The molecular weight excluding hydrogens is 534 g/mol. The largest absolute Gasteiger partial charge is 0.480 e. The molecule has 0 fully saturated rings. The highest BCUT2D eigenvalue weighted by Crippen LogP contribution is 2.38. The van der Waals surface area contributed by atoms with Crippen molar-refractivity contribution in [3.05, 3.63) is 58.6 Å². The molecule has 0 radical (unpaired) electrons. The van der Waals surface area contributed by atoms with E-state index in [1.165, 1.54) is 29.2 Å². The number of nitrogens with one attached hydrogen (secondary N) is 1. The summed E-state index contributed by atoms with van der Waals surface area (Å²) in [7, 11) is -3.91. The lowest BCUT2D eigenvalue weighted by molar-refractivity contribution is -0.155. The van der Waals surface area contributed by atoms with E-state index < -0.39 is 52.1 Å². The van der Waals surface area contributed by atoms with Gasteiger partial charge in [0.15, 0.2) is 6.10 Å². The van der Waals surface area contributed by atoms with Gasteiger partial charge in [-0.15, -0.1) is 0 Å². The van der Waals surface area contributed by atoms with E-state index in [0.29, 0.717) is 21.9 Å². The number of sulfonamides is 1. The topological polar surface area (TPSA) is 145 Å². The number of hydrogen-bond acceptors (Lipinski definition) is 7. The molecule has 1 heterocycles. The molecule has 1 aliphatic heterocycles. The van der Waals surface area contributed by atoms with Gasteiger partial charge in [0.2, 0.25) is 15.9 Å². The molecule has 3 N–H and O–H groups in total. The molecular formula is C26H32ClN3O7S. The second-order valence-corrected chi connectivity index (χ2v) is 12.3. The van der Waals surface area contributed by atoms with Crippen molar-refractivity contribution in [3.63, 3.8) is 0 Å². The fraction of sp³-hybridized carbons (Fsp3) is 0.423. The van der Waals surface area contributed by atoms with E-state index in [1.54, 1.807) is 39.0 Å². The SMILES string of the molecule is CC(C)C1Oc2ccc(Cl)cc2C(C(=O)NCC(=O)OC(C)(C)C)N(Cc2ccc(S(N)(=O)=O)cc2)C1=O. The number of carbonyl (C=O) groups is 3. The lowest BCUT2D eigenvalue weighted by Gasteiger charge is -2.31. The maximum absolute atomic E-state index is 13.8. The van der Waals surface area contributed by atoms with Crippen molar-refractivity contribution in [1.82, 2.24) is 10.2 Å². The van der Waals surface area contributed by atoms with Gasteiger partial charge in [0.05, 0.1) is 4.90 Å². The average Bonchev–Trinajstić information content (AvgIpc) is 2.91. The molecule has 0 saturated heterocycles. The zero-order chi connectivity index (χ0) is 28.4. The number of amides is 2. The second kappa shape index (κ2) is 11.3. The van der Waals surface area contributed by atoms with Gasteiger partial charge in [-0.2, -0.15) is 0 Å². The van der Waals surface area contributed by atoms with Crippen molar-refractivity contribution >= 4 is 39.4 Å². The van der Waals surface area contributed by atoms with Crippen LogP contribution in [0.4, 0.5) is 0 Å². The molecule has 206 valence electrons. The number of halogens is 1. The first kappa shape index (κ1) is 29.4. The smallest absolute Gasteiger partial charge is 0.325 e. The highest BCUT2D eigenvalue weighted by Gasteiger charge is 2.42. The van der Waals surface area contributed by atoms with E-state index in [1.807, 2.05) is 13.8 Å². The molecule has 2 unspecified atom stereocenters. The van der Waals surface area contributed by atoms with Crippen LogP contribution in [-0.4, -0.2) is 49.4 Å². The van der Waals surface area contributed by atoms with E-state index in [0.717, 1.165) is 0 Å². The monoisotopic (exact) mass is 565 g/mol. The lowest BCUT2D eigenvalue weighted by atomic mass is 10.0. The summed E-state index contributed by atoms with van der Waals surface area (Å²) in [4.78, 5) is 40.9. The van der Waals surface area contributed by atoms with E-state index in [4.69, 9.17) is 26.2 Å². The Morgan fingerprint density at radius 2 is 1.79 bits per heavy atom. The Kier molecular flexibility index (Phi) is 8.75. The van der Waals surface area contributed by atoms with Gasteiger partial charge in [-0.1, -0.05) is 37.6 Å². The van der Waals surface area contributed by atoms with Crippen LogP contribution < -0.4 is 15.2 Å². The van der Waals surface area contributed by atoms with Crippen molar-refractivity contribution in [3.8, 4) is 5.75 Å². The molecule has 12 heteroatoms. The van der Waals surface area contributed by atoms with E-state index in [-0.39, 0.29) is 17.4 Å². The molecule has 2 atom stereocenters. The van der Waals surface area contributed by atoms with Gasteiger partial charge in [0.25, 0.3) is 5.91 Å². The molecule has 3 rings (SSSR count). The van der Waals surface area contributed by atoms with Crippen LogP contribution in [0.1, 0.15) is 51.8 Å². The van der Waals surface area contributed by atoms with Crippen molar-refractivity contribution < 1.29 is 32.3 Å². The Morgan fingerprint density at radius 1 is 1.16 bits per heavy atom. The Bertz CT molecular complexity index is 1320. The van der Waals surface area contributed by atoms with Gasteiger partial charge in [0, 0.05) is 17.1 Å². The molecule has 10 nitrogen and oxygen atoms in total. The first-order valence-electron chi connectivity index (χ1n) is 11.9. The molecule has 1 aliphatic rings. The maximum atomic E-state index is 13.8. The summed E-state index contributed by atoms with van der Waals surface area (Å²) < 4.78 is 34.7. The lowest BCUT2D eigenvalue weighted by Crippen LogP contribution is -2.48. The third-order valence-electron chi connectivity index (χ3n) is 5.64. The maximum Gasteiger partial charge on any atom is 0.325 e. The van der Waals surface area contributed by atoms with Crippen molar-refractivity contribution in [1.29, 1.82) is 0 Å². The Hall–Kier alpha value is -3.15. The number of nitrogens with zero attached hydrogens (tertiary/aromatic N) is 1. The predicted octanol–water partition coefficient (Wildman–Crippen LogP) is 2.93. The molecule has 2 aromatic rings. The Morgan fingerprint density at radius 3 is 2.34 bits per heavy atom. The summed E-state index contributed by atoms with van der Waals surface area (Å²) in [6.45, 7) is 8.29. The van der Waals surface area contributed by atoms with Gasteiger partial charge in [-0.05, 0) is 62.6 Å². The summed E-state index contributed by atoms with van der Waals surface area (Å²) in [5, 5.41) is 8.09. The zero-order valence-corrected chi connectivity index (χ0v) is 23.4. The Balaban J connectivity index is 2.04. The fourth-order valence-corrected chi connectivity index (χ4v) is 4.67. The summed E-state index contributed by atoms with van der Waals surface area (Å²) in [5.74, 6) is -1.67. The third kappa shape index (κ3) is 7.24. The zero-order valence-electron chi connectivity index (χ0n) is 21.9. The van der Waals surface area contributed by atoms with Crippen LogP contribution in [-0.2, 0) is 35.7 Å². The number of ether oxygens (including phenoxy) is 2. The summed E-state index contributed by atoms with van der Waals surface area (Å²) in [6.07, 6.45) is -0.915. The first-order chi connectivity index (χ1) is 17.6. The van der Waals surface area contributed by atoms with Crippen LogP contribution in [0.5, 0.6) is 5.75 Å². The number of fused-ring (bicyclic) bond motifs is 1. The van der Waals surface area contributed by atoms with Crippen LogP contribution in [0.25, 0.3) is 0 Å². The van der Waals surface area contributed by atoms with E-state index >= 15 is 0 Å². The summed E-state index contributed by atoms with van der Waals surface area (Å²) in [6, 6.07) is 9.20. The van der Waals surface area contributed by atoms with Gasteiger partial charge < -0.3 is 19.7 Å². The number of nitrogens with two attached hydrogens (primary N) is 1. The molecule has 0 bridgehead atoms. The van der Waals surface area contributed by atoms with Gasteiger partial charge in [0.1, 0.15) is 23.9 Å². The van der Waals surface area contributed by atoms with Crippen LogP contribution in [0.15, 0.2) is 47.4 Å². The predicted molar refractivity (Wildman–Crippen MR) is 141 cm³/mol. The van der Waals surface area contributed by atoms with Gasteiger partial charge in [-0.25, -0.2) is 13.6 Å². The van der Waals surface area contributed by atoms with Crippen molar-refractivity contribution in [2.24, 2.45) is 11.1 Å². The summed E-state index contributed by atoms with van der Waals surface area (Å²) >= 11 is 6.27. The highest BCUT2D eigenvalue weighted by molar-refractivity contribution is 7.89. The van der Waals surface area contributed by atoms with Crippen LogP contribution in [0.2, 0.25) is 5.02 Å². The van der Waals surface area contributed by atoms with Gasteiger partial charge in [-0.3, -0.25) is 14.4 Å². The van der Waals surface area contributed by atoms with Crippen LogP contribution in [0.3, 0.4) is 0 Å². The number of primary sulfonamides is 1. The number of esters is 1. The number of carbonyl (C=O) groups excluding carboxylic acids is 3. The van der Waals surface area contributed by atoms with Crippen molar-refractivity contribution in [2.75, 3.05) is 6.54 Å². The van der Waals surface area contributed by atoms with Gasteiger partial charge >= 0.3 is 5.97 Å². The van der Waals surface area contributed by atoms with Crippen molar-refractivity contribution in [2.45, 2.75) is 63.8 Å². The number of benzene rings is 2. The van der Waals surface area contributed by atoms with E-state index in [2.05, 4.69) is 5.32 Å². The fourth-order valence-electron chi connectivity index (χ4n) is 3.97. The first-order valence-corrected chi connectivity index (χ1v) is 13.9. The Labute approximate surface area is 227 Å². The molecule has 2 amide bonds. The summed E-state index contributed by atoms with van der Waals surface area (Å²) in [5.41, 5.74) is 0.147. The second-order valence-electron chi connectivity index (χ2n) is 10.3. The average molecular weight is 566 g/mol. The molecule has 0 saturated carbocycles. The minimum absolute atomic E-state index is 0.0627. The molecule has 2 aromatic carbocycles. The van der Waals surface area contributed by atoms with Crippen LogP contribution >= 0.6 is 11.6 Å².